The summed E-state index contributed by atoms with van der Waals surface area (Å²) in [6.45, 7) is 8.74. The summed E-state index contributed by atoms with van der Waals surface area (Å²) in [7, 11) is 0. The summed E-state index contributed by atoms with van der Waals surface area (Å²) in [6, 6.07) is 7.42. The molecule has 0 saturated carbocycles. The number of benzene rings is 1. The second-order valence-corrected chi connectivity index (χ2v) is 6.28. The molecule has 5 heteroatoms. The average molecular weight is 308 g/mol. The van der Waals surface area contributed by atoms with E-state index in [0.29, 0.717) is 25.9 Å². The smallest absolute Gasteiger partial charge is 0.315 e. The van der Waals surface area contributed by atoms with Gasteiger partial charge in [0.05, 0.1) is 6.10 Å². The molecule has 0 bridgehead atoms. The molecule has 1 aromatic rings. The van der Waals surface area contributed by atoms with Crippen LogP contribution in [0.25, 0.3) is 0 Å². The van der Waals surface area contributed by atoms with Crippen molar-refractivity contribution in [3.05, 3.63) is 29.8 Å². The van der Waals surface area contributed by atoms with Crippen LogP contribution in [0.5, 0.6) is 5.75 Å². The lowest BCUT2D eigenvalue weighted by Crippen LogP contribution is -2.36. The van der Waals surface area contributed by atoms with Crippen LogP contribution in [0.3, 0.4) is 0 Å². The number of nitrogens with one attached hydrogen (secondary N) is 2. The Morgan fingerprint density at radius 2 is 1.95 bits per heavy atom. The molecule has 0 saturated heterocycles. The third-order valence-electron chi connectivity index (χ3n) is 3.06. The van der Waals surface area contributed by atoms with E-state index in [4.69, 9.17) is 4.74 Å². The van der Waals surface area contributed by atoms with Gasteiger partial charge in [-0.3, -0.25) is 0 Å². The zero-order valence-corrected chi connectivity index (χ0v) is 14.0. The van der Waals surface area contributed by atoms with Gasteiger partial charge in [-0.15, -0.1) is 0 Å². The van der Waals surface area contributed by atoms with Crippen LogP contribution >= 0.6 is 0 Å². The fourth-order valence-electron chi connectivity index (χ4n) is 1.87. The zero-order chi connectivity index (χ0) is 16.6. The van der Waals surface area contributed by atoms with Gasteiger partial charge in [0, 0.05) is 18.7 Å². The molecule has 5 nitrogen and oxygen atoms in total. The van der Waals surface area contributed by atoms with Gasteiger partial charge in [0.15, 0.2) is 0 Å². The largest absolute Gasteiger partial charge is 0.488 e. The van der Waals surface area contributed by atoms with Crippen molar-refractivity contribution in [1.82, 2.24) is 10.6 Å². The Bertz CT molecular complexity index is 469. The normalized spacial score (nSPS) is 12.6. The van der Waals surface area contributed by atoms with E-state index in [0.717, 1.165) is 11.3 Å². The second-order valence-electron chi connectivity index (χ2n) is 6.28. The van der Waals surface area contributed by atoms with E-state index in [1.807, 2.05) is 52.0 Å². The first-order chi connectivity index (χ1) is 10.3. The van der Waals surface area contributed by atoms with E-state index in [9.17, 15) is 9.90 Å². The molecule has 1 unspecified atom stereocenters. The van der Waals surface area contributed by atoms with Crippen LogP contribution in [0, 0.1) is 0 Å². The lowest BCUT2D eigenvalue weighted by Gasteiger charge is -2.23. The van der Waals surface area contributed by atoms with Crippen LogP contribution in [-0.4, -0.2) is 29.4 Å². The number of rotatable bonds is 7. The maximum absolute atomic E-state index is 11.7. The van der Waals surface area contributed by atoms with Gasteiger partial charge in [-0.05, 0) is 39.7 Å². The molecule has 0 aromatic heterocycles. The molecule has 3 N–H and O–H groups in total. The maximum Gasteiger partial charge on any atom is 0.315 e. The Labute approximate surface area is 133 Å². The Hall–Kier alpha value is -1.75. The Balaban J connectivity index is 2.45. The van der Waals surface area contributed by atoms with Gasteiger partial charge in [-0.1, -0.05) is 25.1 Å². The Morgan fingerprint density at radius 1 is 1.27 bits per heavy atom. The molecule has 124 valence electrons. The van der Waals surface area contributed by atoms with Gasteiger partial charge < -0.3 is 20.5 Å². The van der Waals surface area contributed by atoms with Crippen LogP contribution in [0.15, 0.2) is 24.3 Å². The number of carbonyl (C=O) groups is 1. The number of para-hydroxylation sites is 1. The van der Waals surface area contributed by atoms with Gasteiger partial charge >= 0.3 is 6.03 Å². The summed E-state index contributed by atoms with van der Waals surface area (Å²) < 4.78 is 5.89. The van der Waals surface area contributed by atoms with Crippen molar-refractivity contribution >= 4 is 6.03 Å². The highest BCUT2D eigenvalue weighted by atomic mass is 16.5. The van der Waals surface area contributed by atoms with E-state index < -0.39 is 0 Å². The van der Waals surface area contributed by atoms with Crippen LogP contribution in [0.4, 0.5) is 4.79 Å². The summed E-state index contributed by atoms with van der Waals surface area (Å²) in [5, 5.41) is 15.0. The van der Waals surface area contributed by atoms with Gasteiger partial charge in [0.25, 0.3) is 0 Å². The molecule has 0 spiro atoms. The predicted molar refractivity (Wildman–Crippen MR) is 88.0 cm³/mol. The molecule has 0 fully saturated rings. The molecule has 0 heterocycles. The number of aliphatic hydroxyl groups excluding tert-OH is 1. The zero-order valence-electron chi connectivity index (χ0n) is 14.0. The molecule has 1 atom stereocenters. The summed E-state index contributed by atoms with van der Waals surface area (Å²) in [5.41, 5.74) is 0.649. The molecule has 1 rings (SSSR count). The van der Waals surface area contributed by atoms with Gasteiger partial charge in [0.1, 0.15) is 11.4 Å². The molecule has 0 aliphatic carbocycles. The summed E-state index contributed by atoms with van der Waals surface area (Å²) in [4.78, 5) is 11.7. The molecule has 0 radical (unpaired) electrons. The van der Waals surface area contributed by atoms with E-state index in [1.54, 1.807) is 0 Å². The van der Waals surface area contributed by atoms with Gasteiger partial charge in [-0.25, -0.2) is 4.79 Å². The van der Waals surface area contributed by atoms with Crippen molar-refractivity contribution in [2.24, 2.45) is 0 Å². The first kappa shape index (κ1) is 18.3. The average Bonchev–Trinajstić information content (AvgIpc) is 2.44. The molecule has 0 aliphatic heterocycles. The van der Waals surface area contributed by atoms with Gasteiger partial charge in [0.2, 0.25) is 0 Å². The number of hydrogen-bond donors (Lipinski definition) is 3. The Morgan fingerprint density at radius 3 is 2.59 bits per heavy atom. The summed E-state index contributed by atoms with van der Waals surface area (Å²) >= 11 is 0. The number of urea groups is 1. The fraction of sp³-hybridized carbons (Fsp3) is 0.588. The highest BCUT2D eigenvalue weighted by Crippen LogP contribution is 2.22. The van der Waals surface area contributed by atoms with Crippen LogP contribution in [0.1, 0.15) is 46.1 Å². The number of amides is 2. The lowest BCUT2D eigenvalue weighted by molar-refractivity contribution is 0.129. The molecular weight excluding hydrogens is 280 g/mol. The molecular formula is C17H28N2O3. The molecule has 2 amide bonds. The monoisotopic (exact) mass is 308 g/mol. The number of aliphatic hydroxyl groups is 1. The first-order valence-corrected chi connectivity index (χ1v) is 7.78. The highest BCUT2D eigenvalue weighted by molar-refractivity contribution is 5.73. The van der Waals surface area contributed by atoms with Crippen molar-refractivity contribution in [3.8, 4) is 5.75 Å². The van der Waals surface area contributed by atoms with E-state index >= 15 is 0 Å². The second kappa shape index (κ2) is 8.63. The first-order valence-electron chi connectivity index (χ1n) is 7.78. The van der Waals surface area contributed by atoms with Crippen LogP contribution in [0.2, 0.25) is 0 Å². The van der Waals surface area contributed by atoms with Crippen molar-refractivity contribution < 1.29 is 14.6 Å². The topological polar surface area (TPSA) is 70.6 Å². The predicted octanol–water partition coefficient (Wildman–Crippen LogP) is 2.82. The number of hydrogen-bond acceptors (Lipinski definition) is 3. The van der Waals surface area contributed by atoms with E-state index in [-0.39, 0.29) is 17.7 Å². The fourth-order valence-corrected chi connectivity index (χ4v) is 1.87. The third kappa shape index (κ3) is 7.31. The minimum atomic E-state index is -0.360. The molecule has 0 aliphatic rings. The van der Waals surface area contributed by atoms with Crippen molar-refractivity contribution in [2.75, 3.05) is 6.54 Å². The number of carbonyl (C=O) groups excluding carboxylic acids is 1. The quantitative estimate of drug-likeness (QED) is 0.725. The Kier molecular flexibility index (Phi) is 7.18. The SMILES string of the molecule is CCC(O)CCNC(=O)NCc1ccccc1OC(C)(C)C. The number of ether oxygens (including phenoxy) is 1. The van der Waals surface area contributed by atoms with E-state index in [1.165, 1.54) is 0 Å². The molecule has 1 aromatic carbocycles. The highest BCUT2D eigenvalue weighted by Gasteiger charge is 2.14. The lowest BCUT2D eigenvalue weighted by atomic mass is 10.1. The maximum atomic E-state index is 11.7. The van der Waals surface area contributed by atoms with Gasteiger partial charge in [-0.2, -0.15) is 0 Å². The van der Waals surface area contributed by atoms with Crippen LogP contribution in [-0.2, 0) is 6.54 Å². The van der Waals surface area contributed by atoms with Crippen LogP contribution < -0.4 is 15.4 Å². The summed E-state index contributed by atoms with van der Waals surface area (Å²) in [6.07, 6.45) is 0.898. The summed E-state index contributed by atoms with van der Waals surface area (Å²) in [5.74, 6) is 0.775. The van der Waals surface area contributed by atoms with Crippen molar-refractivity contribution in [3.63, 3.8) is 0 Å². The minimum absolute atomic E-state index is 0.242. The standard InChI is InChI=1S/C17H28N2O3/c1-5-14(20)10-11-18-16(21)19-12-13-8-6-7-9-15(13)22-17(2,3)4/h6-9,14,20H,5,10-12H2,1-4H3,(H2,18,19,21). The third-order valence-corrected chi connectivity index (χ3v) is 3.06. The molecule has 22 heavy (non-hydrogen) atoms. The van der Waals surface area contributed by atoms with E-state index in [2.05, 4.69) is 10.6 Å². The van der Waals surface area contributed by atoms with Crippen molar-refractivity contribution in [2.45, 2.75) is 58.8 Å². The van der Waals surface area contributed by atoms with Crippen molar-refractivity contribution in [1.29, 1.82) is 0 Å². The minimum Gasteiger partial charge on any atom is -0.488 e.